The van der Waals surface area contributed by atoms with Crippen molar-refractivity contribution in [1.29, 1.82) is 0 Å². The summed E-state index contributed by atoms with van der Waals surface area (Å²) in [5.74, 6) is -1.39. The molecule has 1 unspecified atom stereocenters. The maximum atomic E-state index is 9.33. The van der Waals surface area contributed by atoms with Crippen molar-refractivity contribution in [2.24, 2.45) is 0 Å². The van der Waals surface area contributed by atoms with Crippen LogP contribution < -0.4 is 0 Å². The summed E-state index contributed by atoms with van der Waals surface area (Å²) in [6.07, 6.45) is 0. The summed E-state index contributed by atoms with van der Waals surface area (Å²) in [4.78, 5) is 0. The number of hydrogen-bond donors (Lipinski definition) is 3. The zero-order valence-electron chi connectivity index (χ0n) is 7.19. The average molecular weight is 180 g/mol. The van der Waals surface area contributed by atoms with Gasteiger partial charge in [-0.3, -0.25) is 0 Å². The summed E-state index contributed by atoms with van der Waals surface area (Å²) in [5.41, 5.74) is 0. The van der Waals surface area contributed by atoms with Gasteiger partial charge in [-0.15, -0.1) is 0 Å². The molecular weight excluding hydrogens is 164 g/mol. The zero-order valence-corrected chi connectivity index (χ0v) is 7.19. The number of rotatable bonds is 7. The Morgan fingerprint density at radius 2 is 1.75 bits per heavy atom. The third-order valence-electron chi connectivity index (χ3n) is 1.11. The smallest absolute Gasteiger partial charge is 0.186 e. The largest absolute Gasteiger partial charge is 0.394 e. The van der Waals surface area contributed by atoms with Gasteiger partial charge in [0.1, 0.15) is 6.61 Å². The van der Waals surface area contributed by atoms with Gasteiger partial charge in [-0.1, -0.05) is 0 Å². The molecule has 0 rings (SSSR count). The van der Waals surface area contributed by atoms with Gasteiger partial charge < -0.3 is 24.8 Å². The Hall–Kier alpha value is -0.200. The van der Waals surface area contributed by atoms with Crippen molar-refractivity contribution in [3.05, 3.63) is 0 Å². The molecule has 1 atom stereocenters. The van der Waals surface area contributed by atoms with E-state index in [1.807, 2.05) is 0 Å². The fourth-order valence-corrected chi connectivity index (χ4v) is 0.633. The number of hydrogen-bond acceptors (Lipinski definition) is 5. The summed E-state index contributed by atoms with van der Waals surface area (Å²) in [5, 5.41) is 26.1. The highest BCUT2D eigenvalue weighted by molar-refractivity contribution is 4.57. The van der Waals surface area contributed by atoms with Gasteiger partial charge in [0, 0.05) is 0 Å². The van der Waals surface area contributed by atoms with Crippen LogP contribution in [0.3, 0.4) is 0 Å². The Labute approximate surface area is 71.5 Å². The highest BCUT2D eigenvalue weighted by Gasteiger charge is 2.20. The predicted molar refractivity (Wildman–Crippen MR) is 41.6 cm³/mol. The molecule has 5 heteroatoms. The highest BCUT2D eigenvalue weighted by atomic mass is 16.6. The minimum Gasteiger partial charge on any atom is -0.394 e. The van der Waals surface area contributed by atoms with Crippen molar-refractivity contribution >= 4 is 0 Å². The summed E-state index contributed by atoms with van der Waals surface area (Å²) in [6, 6.07) is 0. The van der Waals surface area contributed by atoms with E-state index in [4.69, 9.17) is 19.7 Å². The first-order valence-electron chi connectivity index (χ1n) is 3.78. The van der Waals surface area contributed by atoms with Gasteiger partial charge in [0.25, 0.3) is 0 Å². The second-order valence-corrected chi connectivity index (χ2v) is 2.52. The summed E-state index contributed by atoms with van der Waals surface area (Å²) >= 11 is 0. The molecule has 0 aliphatic rings. The zero-order chi connectivity index (χ0) is 9.45. The quantitative estimate of drug-likeness (QED) is 0.336. The molecule has 5 nitrogen and oxygen atoms in total. The monoisotopic (exact) mass is 180 g/mol. The fraction of sp³-hybridized carbons (Fsp3) is 1.00. The first-order valence-corrected chi connectivity index (χ1v) is 3.78. The Morgan fingerprint density at radius 3 is 2.25 bits per heavy atom. The van der Waals surface area contributed by atoms with Gasteiger partial charge in [0.2, 0.25) is 0 Å². The summed E-state index contributed by atoms with van der Waals surface area (Å²) in [7, 11) is 0. The van der Waals surface area contributed by atoms with Gasteiger partial charge >= 0.3 is 0 Å². The van der Waals surface area contributed by atoms with Crippen LogP contribution in [-0.4, -0.2) is 54.1 Å². The Morgan fingerprint density at radius 1 is 1.17 bits per heavy atom. The fourth-order valence-electron chi connectivity index (χ4n) is 0.633. The maximum Gasteiger partial charge on any atom is 0.186 e. The van der Waals surface area contributed by atoms with Crippen molar-refractivity contribution in [2.75, 3.05) is 33.0 Å². The highest BCUT2D eigenvalue weighted by Crippen LogP contribution is 2.05. The van der Waals surface area contributed by atoms with Crippen molar-refractivity contribution in [2.45, 2.75) is 12.7 Å². The standard InChI is InChI=1S/C7H16O5/c1-7(10,12-5-3-9)6-11-4-2-8/h8-10H,2-6H2,1H3. The van der Waals surface area contributed by atoms with E-state index in [-0.39, 0.29) is 33.0 Å². The van der Waals surface area contributed by atoms with Gasteiger partial charge in [-0.2, -0.15) is 0 Å². The van der Waals surface area contributed by atoms with E-state index < -0.39 is 5.79 Å². The van der Waals surface area contributed by atoms with E-state index in [0.717, 1.165) is 0 Å². The first-order chi connectivity index (χ1) is 5.62. The molecule has 0 bridgehead atoms. The van der Waals surface area contributed by atoms with Crippen LogP contribution in [0.2, 0.25) is 0 Å². The normalized spacial score (nSPS) is 16.0. The van der Waals surface area contributed by atoms with E-state index in [9.17, 15) is 5.11 Å². The van der Waals surface area contributed by atoms with Crippen LogP contribution in [0.15, 0.2) is 0 Å². The third-order valence-corrected chi connectivity index (χ3v) is 1.11. The maximum absolute atomic E-state index is 9.33. The molecule has 0 fully saturated rings. The molecule has 0 aliphatic carbocycles. The molecule has 0 aromatic heterocycles. The number of aliphatic hydroxyl groups excluding tert-OH is 2. The van der Waals surface area contributed by atoms with Gasteiger partial charge in [-0.05, 0) is 6.92 Å². The van der Waals surface area contributed by atoms with Gasteiger partial charge in [0.15, 0.2) is 5.79 Å². The molecule has 74 valence electrons. The molecule has 3 N–H and O–H groups in total. The van der Waals surface area contributed by atoms with Crippen LogP contribution in [0.4, 0.5) is 0 Å². The lowest BCUT2D eigenvalue weighted by Crippen LogP contribution is -2.35. The van der Waals surface area contributed by atoms with Crippen molar-refractivity contribution < 1.29 is 24.8 Å². The summed E-state index contributed by atoms with van der Waals surface area (Å²) in [6.45, 7) is 1.41. The minimum atomic E-state index is -1.39. The second kappa shape index (κ2) is 6.33. The van der Waals surface area contributed by atoms with E-state index in [2.05, 4.69) is 0 Å². The molecule has 0 amide bonds. The van der Waals surface area contributed by atoms with E-state index in [1.54, 1.807) is 0 Å². The topological polar surface area (TPSA) is 79.2 Å². The lowest BCUT2D eigenvalue weighted by Gasteiger charge is -2.22. The molecule has 0 aliphatic heterocycles. The Balaban J connectivity index is 3.42. The van der Waals surface area contributed by atoms with Crippen LogP contribution in [0.1, 0.15) is 6.92 Å². The molecular formula is C7H16O5. The summed E-state index contributed by atoms with van der Waals surface area (Å²) < 4.78 is 9.66. The predicted octanol–water partition coefficient (Wildman–Crippen LogP) is -1.29. The lowest BCUT2D eigenvalue weighted by molar-refractivity contribution is -0.224. The van der Waals surface area contributed by atoms with E-state index in [0.29, 0.717) is 0 Å². The van der Waals surface area contributed by atoms with E-state index in [1.165, 1.54) is 6.92 Å². The molecule has 0 saturated carbocycles. The Bertz CT molecular complexity index is 104. The average Bonchev–Trinajstić information content (AvgIpc) is 2.01. The van der Waals surface area contributed by atoms with Crippen molar-refractivity contribution in [3.63, 3.8) is 0 Å². The van der Waals surface area contributed by atoms with Gasteiger partial charge in [0.05, 0.1) is 26.4 Å². The lowest BCUT2D eigenvalue weighted by atomic mass is 10.3. The Kier molecular flexibility index (Phi) is 6.23. The van der Waals surface area contributed by atoms with Crippen LogP contribution in [-0.2, 0) is 9.47 Å². The molecule has 0 saturated heterocycles. The molecule has 0 spiro atoms. The third kappa shape index (κ3) is 6.51. The van der Waals surface area contributed by atoms with Crippen LogP contribution in [0.25, 0.3) is 0 Å². The van der Waals surface area contributed by atoms with Gasteiger partial charge in [-0.25, -0.2) is 0 Å². The van der Waals surface area contributed by atoms with Crippen molar-refractivity contribution in [3.8, 4) is 0 Å². The first kappa shape index (κ1) is 11.8. The van der Waals surface area contributed by atoms with Crippen molar-refractivity contribution in [1.82, 2.24) is 0 Å². The number of aliphatic hydroxyl groups is 3. The van der Waals surface area contributed by atoms with Crippen LogP contribution in [0, 0.1) is 0 Å². The molecule has 0 aromatic carbocycles. The van der Waals surface area contributed by atoms with Crippen LogP contribution >= 0.6 is 0 Å². The number of ether oxygens (including phenoxy) is 2. The molecule has 0 aromatic rings. The minimum absolute atomic E-state index is 0.0203. The molecule has 12 heavy (non-hydrogen) atoms. The SMILES string of the molecule is CC(O)(COCCO)OCCO. The second-order valence-electron chi connectivity index (χ2n) is 2.52. The van der Waals surface area contributed by atoms with Crippen LogP contribution in [0.5, 0.6) is 0 Å². The van der Waals surface area contributed by atoms with E-state index >= 15 is 0 Å². The molecule has 0 heterocycles. The molecule has 0 radical (unpaired) electrons.